The first-order valence-electron chi connectivity index (χ1n) is 9.70. The highest BCUT2D eigenvalue weighted by Gasteiger charge is 2.58. The van der Waals surface area contributed by atoms with Crippen LogP contribution < -0.4 is 0 Å². The van der Waals surface area contributed by atoms with Crippen molar-refractivity contribution in [1.29, 1.82) is 0 Å². The predicted molar refractivity (Wildman–Crippen MR) is 94.2 cm³/mol. The number of imidazole rings is 1. The molecule has 0 radical (unpaired) electrons. The minimum absolute atomic E-state index is 0.0726. The van der Waals surface area contributed by atoms with Crippen LogP contribution in [0.15, 0.2) is 30.6 Å². The second-order valence-electron chi connectivity index (χ2n) is 8.47. The molecule has 0 aromatic carbocycles. The molecule has 0 N–H and O–H groups in total. The minimum Gasteiger partial charge on any atom is -0.340 e. The van der Waals surface area contributed by atoms with Crippen LogP contribution in [0.1, 0.15) is 25.0 Å². The highest BCUT2D eigenvalue weighted by atomic mass is 16.2. The maximum Gasteiger partial charge on any atom is 0.245 e. The van der Waals surface area contributed by atoms with Gasteiger partial charge in [-0.2, -0.15) is 0 Å². The van der Waals surface area contributed by atoms with E-state index < -0.39 is 0 Å². The van der Waals surface area contributed by atoms with Crippen molar-refractivity contribution in [2.24, 2.45) is 17.8 Å². The van der Waals surface area contributed by atoms with Crippen molar-refractivity contribution in [3.05, 3.63) is 36.3 Å². The van der Waals surface area contributed by atoms with Gasteiger partial charge < -0.3 is 14.2 Å². The lowest BCUT2D eigenvalue weighted by molar-refractivity contribution is -0.144. The Balaban J connectivity index is 1.23. The van der Waals surface area contributed by atoms with Gasteiger partial charge in [0.25, 0.3) is 0 Å². The molecule has 134 valence electrons. The van der Waals surface area contributed by atoms with E-state index in [1.165, 1.54) is 6.42 Å². The number of carbonyl (C=O) groups excluding carboxylic acids is 2. The molecule has 6 heteroatoms. The summed E-state index contributed by atoms with van der Waals surface area (Å²) in [5.41, 5.74) is 1.74. The van der Waals surface area contributed by atoms with Crippen molar-refractivity contribution in [1.82, 2.24) is 19.2 Å². The molecule has 4 aliphatic rings. The van der Waals surface area contributed by atoms with Gasteiger partial charge in [0.05, 0.1) is 12.1 Å². The monoisotopic (exact) mass is 350 g/mol. The number of amides is 2. The van der Waals surface area contributed by atoms with Crippen molar-refractivity contribution in [3.63, 3.8) is 0 Å². The molecular weight excluding hydrogens is 328 g/mol. The fraction of sp³-hybridized carbons (Fsp3) is 0.550. The van der Waals surface area contributed by atoms with Gasteiger partial charge in [-0.1, -0.05) is 6.07 Å². The lowest BCUT2D eigenvalue weighted by Gasteiger charge is -2.30. The summed E-state index contributed by atoms with van der Waals surface area (Å²) in [5, 5.41) is 0. The Bertz CT molecular complexity index is 911. The van der Waals surface area contributed by atoms with Crippen LogP contribution in [0.4, 0.5) is 0 Å². The van der Waals surface area contributed by atoms with Crippen LogP contribution in [0.25, 0.3) is 5.65 Å². The number of aromatic nitrogens is 2. The lowest BCUT2D eigenvalue weighted by atomic mass is 10.1. The summed E-state index contributed by atoms with van der Waals surface area (Å²) in [6.45, 7) is 1.81. The zero-order chi connectivity index (χ0) is 17.4. The third-order valence-corrected chi connectivity index (χ3v) is 6.79. The van der Waals surface area contributed by atoms with Crippen LogP contribution in [0.2, 0.25) is 0 Å². The molecule has 0 spiro atoms. The maximum atomic E-state index is 13.1. The Morgan fingerprint density at radius 3 is 2.77 bits per heavy atom. The molecule has 4 heterocycles. The standard InChI is InChI=1S/C20H22N4O2/c25-19(8-15-9-21-18-3-1-2-4-23(15)18)24-16-6-12(16)7-17(24)20(26)22-10-13-5-14(13)11-22/h1-4,9,12-14,16-17H,5-8,10-11H2/t12-,13?,14?,16-,17-/m1/s1. The number of pyridine rings is 1. The molecule has 2 amide bonds. The Morgan fingerprint density at radius 2 is 1.92 bits per heavy atom. The summed E-state index contributed by atoms with van der Waals surface area (Å²) in [5.74, 6) is 2.26. The van der Waals surface area contributed by atoms with E-state index in [1.54, 1.807) is 6.20 Å². The van der Waals surface area contributed by atoms with E-state index in [0.717, 1.165) is 49.1 Å². The second-order valence-corrected chi connectivity index (χ2v) is 8.47. The van der Waals surface area contributed by atoms with E-state index in [1.807, 2.05) is 38.6 Å². The number of hydrogen-bond donors (Lipinski definition) is 0. The van der Waals surface area contributed by atoms with E-state index >= 15 is 0 Å². The number of nitrogens with zero attached hydrogens (tertiary/aromatic N) is 4. The first kappa shape index (κ1) is 14.8. The van der Waals surface area contributed by atoms with Crippen LogP contribution in [-0.2, 0) is 16.0 Å². The molecule has 2 aliphatic carbocycles. The molecule has 26 heavy (non-hydrogen) atoms. The van der Waals surface area contributed by atoms with Gasteiger partial charge in [0, 0.05) is 31.5 Å². The zero-order valence-electron chi connectivity index (χ0n) is 14.6. The zero-order valence-corrected chi connectivity index (χ0v) is 14.6. The van der Waals surface area contributed by atoms with Gasteiger partial charge in [0.1, 0.15) is 11.7 Å². The number of carbonyl (C=O) groups is 2. The molecular formula is C20H22N4O2. The average Bonchev–Trinajstić information content (AvgIpc) is 3.43. The lowest BCUT2D eigenvalue weighted by Crippen LogP contribution is -2.49. The summed E-state index contributed by atoms with van der Waals surface area (Å²) in [6.07, 6.45) is 7.23. The topological polar surface area (TPSA) is 57.9 Å². The van der Waals surface area contributed by atoms with Crippen molar-refractivity contribution < 1.29 is 9.59 Å². The molecule has 2 aromatic heterocycles. The Hall–Kier alpha value is -2.37. The maximum absolute atomic E-state index is 13.1. The van der Waals surface area contributed by atoms with Crippen molar-refractivity contribution in [2.75, 3.05) is 13.1 Å². The van der Waals surface area contributed by atoms with Gasteiger partial charge in [-0.15, -0.1) is 0 Å². The number of piperidine rings is 2. The van der Waals surface area contributed by atoms with E-state index in [4.69, 9.17) is 0 Å². The Morgan fingerprint density at radius 1 is 1.08 bits per heavy atom. The molecule has 2 unspecified atom stereocenters. The van der Waals surface area contributed by atoms with Crippen LogP contribution in [0.5, 0.6) is 0 Å². The van der Waals surface area contributed by atoms with E-state index in [-0.39, 0.29) is 23.9 Å². The number of fused-ring (bicyclic) bond motifs is 3. The minimum atomic E-state index is -0.233. The van der Waals surface area contributed by atoms with E-state index in [0.29, 0.717) is 12.3 Å². The number of hydrogen-bond acceptors (Lipinski definition) is 3. The van der Waals surface area contributed by atoms with E-state index in [2.05, 4.69) is 4.98 Å². The first-order valence-corrected chi connectivity index (χ1v) is 9.70. The van der Waals surface area contributed by atoms with Crippen LogP contribution in [-0.4, -0.2) is 56.2 Å². The fourth-order valence-corrected chi connectivity index (χ4v) is 5.19. The first-order chi connectivity index (χ1) is 12.7. The third-order valence-electron chi connectivity index (χ3n) is 6.79. The summed E-state index contributed by atoms with van der Waals surface area (Å²) < 4.78 is 1.96. The van der Waals surface area contributed by atoms with Crippen molar-refractivity contribution >= 4 is 17.5 Å². The highest BCUT2D eigenvalue weighted by Crippen LogP contribution is 2.50. The molecule has 2 aromatic rings. The molecule has 5 atom stereocenters. The quantitative estimate of drug-likeness (QED) is 0.839. The normalized spacial score (nSPS) is 34.1. The van der Waals surface area contributed by atoms with Gasteiger partial charge in [-0.05, 0) is 49.1 Å². The largest absolute Gasteiger partial charge is 0.340 e. The molecule has 2 aliphatic heterocycles. The summed E-state index contributed by atoms with van der Waals surface area (Å²) in [7, 11) is 0. The molecule has 6 rings (SSSR count). The molecule has 2 saturated carbocycles. The molecule has 0 bridgehead atoms. The Kier molecular flexibility index (Phi) is 2.89. The van der Waals surface area contributed by atoms with Gasteiger partial charge >= 0.3 is 0 Å². The summed E-state index contributed by atoms with van der Waals surface area (Å²) in [4.78, 5) is 34.4. The van der Waals surface area contributed by atoms with Gasteiger partial charge in [0.15, 0.2) is 0 Å². The van der Waals surface area contributed by atoms with Crippen LogP contribution >= 0.6 is 0 Å². The Labute approximate surface area is 151 Å². The van der Waals surface area contributed by atoms with Crippen LogP contribution in [0, 0.1) is 17.8 Å². The average molecular weight is 350 g/mol. The van der Waals surface area contributed by atoms with Crippen molar-refractivity contribution in [2.45, 2.75) is 37.8 Å². The SMILES string of the molecule is O=C([C@H]1C[C@H]2C[C@H]2N1C(=O)Cc1cnc2ccccn12)N1CC2CC2C1. The van der Waals surface area contributed by atoms with Gasteiger partial charge in [-0.3, -0.25) is 9.59 Å². The highest BCUT2D eigenvalue weighted by molar-refractivity contribution is 5.90. The molecule has 6 nitrogen and oxygen atoms in total. The smallest absolute Gasteiger partial charge is 0.245 e. The summed E-state index contributed by atoms with van der Waals surface area (Å²) in [6, 6.07) is 5.88. The second kappa shape index (κ2) is 5.09. The number of rotatable bonds is 3. The molecule has 4 fully saturated rings. The predicted octanol–water partition coefficient (Wildman–Crippen LogP) is 1.34. The number of likely N-dealkylation sites (tertiary alicyclic amines) is 2. The third kappa shape index (κ3) is 2.14. The van der Waals surface area contributed by atoms with Crippen LogP contribution in [0.3, 0.4) is 0 Å². The van der Waals surface area contributed by atoms with Gasteiger partial charge in [0.2, 0.25) is 11.8 Å². The van der Waals surface area contributed by atoms with Crippen molar-refractivity contribution in [3.8, 4) is 0 Å². The fourth-order valence-electron chi connectivity index (χ4n) is 5.19. The summed E-state index contributed by atoms with van der Waals surface area (Å²) >= 11 is 0. The van der Waals surface area contributed by atoms with Gasteiger partial charge in [-0.25, -0.2) is 4.98 Å². The van der Waals surface area contributed by atoms with E-state index in [9.17, 15) is 9.59 Å². The molecule has 2 saturated heterocycles.